The highest BCUT2D eigenvalue weighted by Gasteiger charge is 2.17. The lowest BCUT2D eigenvalue weighted by atomic mass is 10.2. The average molecular weight is 324 g/mol. The third-order valence-electron chi connectivity index (χ3n) is 3.02. The van der Waals surface area contributed by atoms with Crippen LogP contribution < -0.4 is 5.32 Å². The molecule has 126 valence electrons. The van der Waals surface area contributed by atoms with Crippen molar-refractivity contribution in [3.05, 3.63) is 35.6 Å². The number of aliphatic carboxylic acids is 1. The van der Waals surface area contributed by atoms with Crippen LogP contribution in [0.25, 0.3) is 0 Å². The van der Waals surface area contributed by atoms with Crippen LogP contribution in [0, 0.1) is 11.7 Å². The first-order chi connectivity index (χ1) is 10.8. The van der Waals surface area contributed by atoms with Crippen LogP contribution in [-0.2, 0) is 9.59 Å². The van der Waals surface area contributed by atoms with Crippen molar-refractivity contribution < 1.29 is 23.9 Å². The Morgan fingerprint density at radius 3 is 2.57 bits per heavy atom. The third-order valence-corrected chi connectivity index (χ3v) is 3.02. The summed E-state index contributed by atoms with van der Waals surface area (Å²) in [5.74, 6) is -2.28. The summed E-state index contributed by atoms with van der Waals surface area (Å²) in [4.78, 5) is 36.1. The minimum absolute atomic E-state index is 0.0855. The average Bonchev–Trinajstić information content (AvgIpc) is 2.48. The molecule has 0 unspecified atom stereocenters. The van der Waals surface area contributed by atoms with Crippen LogP contribution in [0.2, 0.25) is 0 Å². The zero-order valence-corrected chi connectivity index (χ0v) is 13.2. The van der Waals surface area contributed by atoms with Gasteiger partial charge in [-0.15, -0.1) is 0 Å². The molecule has 1 aromatic rings. The summed E-state index contributed by atoms with van der Waals surface area (Å²) in [5, 5.41) is 11.2. The molecular formula is C16H21FN2O4. The fourth-order valence-corrected chi connectivity index (χ4v) is 1.99. The molecule has 0 heterocycles. The van der Waals surface area contributed by atoms with E-state index in [-0.39, 0.29) is 36.9 Å². The van der Waals surface area contributed by atoms with Gasteiger partial charge in [-0.25, -0.2) is 4.39 Å². The zero-order valence-electron chi connectivity index (χ0n) is 13.2. The molecule has 23 heavy (non-hydrogen) atoms. The number of carbonyl (C=O) groups is 3. The maximum atomic E-state index is 13.1. The maximum Gasteiger partial charge on any atom is 0.305 e. The molecule has 0 radical (unpaired) electrons. The fourth-order valence-electron chi connectivity index (χ4n) is 1.99. The second-order valence-electron chi connectivity index (χ2n) is 5.57. The van der Waals surface area contributed by atoms with Gasteiger partial charge in [-0.3, -0.25) is 14.4 Å². The Hall–Kier alpha value is -2.44. The molecule has 2 amide bonds. The lowest BCUT2D eigenvalue weighted by Crippen LogP contribution is -2.42. The lowest BCUT2D eigenvalue weighted by molar-refractivity contribution is -0.138. The second kappa shape index (κ2) is 8.87. The molecule has 0 saturated heterocycles. The quantitative estimate of drug-likeness (QED) is 0.759. The molecule has 6 nitrogen and oxygen atoms in total. The number of hydrogen-bond donors (Lipinski definition) is 2. The van der Waals surface area contributed by atoms with Gasteiger partial charge in [0.1, 0.15) is 5.82 Å². The van der Waals surface area contributed by atoms with Gasteiger partial charge in [0, 0.05) is 18.7 Å². The van der Waals surface area contributed by atoms with Crippen LogP contribution >= 0.6 is 0 Å². The summed E-state index contributed by atoms with van der Waals surface area (Å²) >= 11 is 0. The molecule has 0 aliphatic carbocycles. The highest BCUT2D eigenvalue weighted by molar-refractivity contribution is 5.96. The summed E-state index contributed by atoms with van der Waals surface area (Å²) < 4.78 is 13.1. The predicted molar refractivity (Wildman–Crippen MR) is 82.4 cm³/mol. The molecule has 0 spiro atoms. The monoisotopic (exact) mass is 324 g/mol. The highest BCUT2D eigenvalue weighted by Crippen LogP contribution is 2.04. The largest absolute Gasteiger partial charge is 0.481 e. The summed E-state index contributed by atoms with van der Waals surface area (Å²) in [6, 6.07) is 5.15. The van der Waals surface area contributed by atoms with Gasteiger partial charge in [-0.05, 0) is 24.1 Å². The first kappa shape index (κ1) is 18.6. The van der Waals surface area contributed by atoms with Gasteiger partial charge in [0.15, 0.2) is 0 Å². The normalized spacial score (nSPS) is 10.4. The van der Waals surface area contributed by atoms with Crippen molar-refractivity contribution in [2.75, 3.05) is 19.6 Å². The fraction of sp³-hybridized carbons (Fsp3) is 0.438. The van der Waals surface area contributed by atoms with Crippen molar-refractivity contribution in [3.8, 4) is 0 Å². The van der Waals surface area contributed by atoms with E-state index in [1.807, 2.05) is 13.8 Å². The molecule has 0 aliphatic heterocycles. The number of halogens is 1. The van der Waals surface area contributed by atoms with E-state index in [0.717, 1.165) is 6.07 Å². The van der Waals surface area contributed by atoms with Crippen LogP contribution in [0.3, 0.4) is 0 Å². The number of carbonyl (C=O) groups excluding carboxylic acids is 2. The predicted octanol–water partition coefficient (Wildman–Crippen LogP) is 1.51. The molecule has 1 rings (SSSR count). The minimum Gasteiger partial charge on any atom is -0.481 e. The van der Waals surface area contributed by atoms with E-state index in [0.29, 0.717) is 6.54 Å². The number of nitrogens with zero attached hydrogens (tertiary/aromatic N) is 1. The first-order valence-electron chi connectivity index (χ1n) is 7.33. The summed E-state index contributed by atoms with van der Waals surface area (Å²) in [6.07, 6.45) is -0.156. The molecule has 1 aromatic carbocycles. The third kappa shape index (κ3) is 6.90. The van der Waals surface area contributed by atoms with E-state index < -0.39 is 17.7 Å². The molecule has 7 heteroatoms. The smallest absolute Gasteiger partial charge is 0.305 e. The lowest BCUT2D eigenvalue weighted by Gasteiger charge is -2.24. The summed E-state index contributed by atoms with van der Waals surface area (Å²) in [5.41, 5.74) is 0.124. The minimum atomic E-state index is -0.990. The molecular weight excluding hydrogens is 303 g/mol. The molecule has 0 aliphatic rings. The van der Waals surface area contributed by atoms with Crippen molar-refractivity contribution in [2.24, 2.45) is 5.92 Å². The van der Waals surface area contributed by atoms with Crippen molar-refractivity contribution >= 4 is 17.8 Å². The summed E-state index contributed by atoms with van der Waals surface area (Å²) in [6.45, 7) is 4.05. The van der Waals surface area contributed by atoms with Crippen molar-refractivity contribution in [1.29, 1.82) is 0 Å². The van der Waals surface area contributed by atoms with Gasteiger partial charge in [0.2, 0.25) is 5.91 Å². The van der Waals surface area contributed by atoms with Crippen LogP contribution in [0.4, 0.5) is 4.39 Å². The first-order valence-corrected chi connectivity index (χ1v) is 7.33. The Kier molecular flexibility index (Phi) is 7.18. The van der Waals surface area contributed by atoms with E-state index in [1.165, 1.54) is 23.1 Å². The maximum absolute atomic E-state index is 13.1. The van der Waals surface area contributed by atoms with Crippen molar-refractivity contribution in [3.63, 3.8) is 0 Å². The Balaban J connectivity index is 2.59. The van der Waals surface area contributed by atoms with Crippen LogP contribution in [-0.4, -0.2) is 47.4 Å². The molecule has 0 atom stereocenters. The number of hydrogen-bond acceptors (Lipinski definition) is 3. The van der Waals surface area contributed by atoms with E-state index in [1.54, 1.807) is 0 Å². The number of amides is 2. The Morgan fingerprint density at radius 1 is 1.30 bits per heavy atom. The van der Waals surface area contributed by atoms with E-state index in [4.69, 9.17) is 5.11 Å². The van der Waals surface area contributed by atoms with E-state index in [9.17, 15) is 18.8 Å². The highest BCUT2D eigenvalue weighted by atomic mass is 19.1. The Morgan fingerprint density at radius 2 is 2.00 bits per heavy atom. The topological polar surface area (TPSA) is 86.7 Å². The van der Waals surface area contributed by atoms with Crippen molar-refractivity contribution in [2.45, 2.75) is 20.3 Å². The van der Waals surface area contributed by atoms with Gasteiger partial charge in [0.25, 0.3) is 5.91 Å². The van der Waals surface area contributed by atoms with Gasteiger partial charge in [0.05, 0.1) is 13.0 Å². The number of nitrogens with one attached hydrogen (secondary N) is 1. The number of carboxylic acids is 1. The van der Waals surface area contributed by atoms with Crippen LogP contribution in [0.15, 0.2) is 24.3 Å². The molecule has 0 aromatic heterocycles. The SMILES string of the molecule is CC(C)CN(CCC(=O)O)C(=O)CNC(=O)c1cccc(F)c1. The van der Waals surface area contributed by atoms with Crippen LogP contribution in [0.5, 0.6) is 0 Å². The van der Waals surface area contributed by atoms with E-state index in [2.05, 4.69) is 5.32 Å². The van der Waals surface area contributed by atoms with Crippen molar-refractivity contribution in [1.82, 2.24) is 10.2 Å². The molecule has 2 N–H and O–H groups in total. The Bertz CT molecular complexity index is 575. The van der Waals surface area contributed by atoms with Gasteiger partial charge in [-0.2, -0.15) is 0 Å². The summed E-state index contributed by atoms with van der Waals surface area (Å²) in [7, 11) is 0. The second-order valence-corrected chi connectivity index (χ2v) is 5.57. The molecule has 0 fully saturated rings. The number of rotatable bonds is 8. The van der Waals surface area contributed by atoms with Crippen LogP contribution in [0.1, 0.15) is 30.6 Å². The van der Waals surface area contributed by atoms with E-state index >= 15 is 0 Å². The Labute approximate surface area is 134 Å². The number of benzene rings is 1. The van der Waals surface area contributed by atoms with Gasteiger partial charge >= 0.3 is 5.97 Å². The molecule has 0 bridgehead atoms. The van der Waals surface area contributed by atoms with Gasteiger partial charge < -0.3 is 15.3 Å². The van der Waals surface area contributed by atoms with Gasteiger partial charge in [-0.1, -0.05) is 19.9 Å². The zero-order chi connectivity index (χ0) is 17.4. The standard InChI is InChI=1S/C16H21FN2O4/c1-11(2)10-19(7-6-15(21)22)14(20)9-18-16(23)12-4-3-5-13(17)8-12/h3-5,8,11H,6-7,9-10H2,1-2H3,(H,18,23)(H,21,22). The molecule has 0 saturated carbocycles. The number of carboxylic acid groups (broad SMARTS) is 1.